The van der Waals surface area contributed by atoms with E-state index in [1.165, 1.54) is 0 Å². The molecule has 0 saturated carbocycles. The van der Waals surface area contributed by atoms with Crippen LogP contribution in [0.15, 0.2) is 0 Å². The van der Waals surface area contributed by atoms with Crippen LogP contribution in [0.25, 0.3) is 0 Å². The molecule has 0 aromatic rings. The third-order valence-electron chi connectivity index (χ3n) is 14.8. The van der Waals surface area contributed by atoms with Crippen molar-refractivity contribution in [1.82, 2.24) is 0 Å². The third kappa shape index (κ3) is 6.54. The minimum absolute atomic E-state index is 0.367. The van der Waals surface area contributed by atoms with Crippen molar-refractivity contribution in [3.05, 3.63) is 0 Å². The van der Waals surface area contributed by atoms with Gasteiger partial charge in [0.15, 0.2) is 0 Å². The Labute approximate surface area is 276 Å². The summed E-state index contributed by atoms with van der Waals surface area (Å²) in [6.07, 6.45) is 0. The zero-order chi connectivity index (χ0) is 35.2. The van der Waals surface area contributed by atoms with Crippen LogP contribution in [0.2, 0.25) is 66.5 Å². The van der Waals surface area contributed by atoms with Crippen LogP contribution in [0.5, 0.6) is 0 Å². The van der Waals surface area contributed by atoms with Gasteiger partial charge in [-0.15, -0.1) is 7.35 Å². The molecule has 6 heteroatoms. The van der Waals surface area contributed by atoms with Gasteiger partial charge in [0, 0.05) is 15.2 Å². The van der Waals surface area contributed by atoms with Gasteiger partial charge < -0.3 is 0 Å². The third-order valence-corrected chi connectivity index (χ3v) is 140. The minimum Gasteiger partial charge on any atom is -0.255 e. The van der Waals surface area contributed by atoms with Crippen molar-refractivity contribution in [3.8, 4) is 0 Å². The highest BCUT2D eigenvalue weighted by Gasteiger charge is 2.69. The van der Waals surface area contributed by atoms with Gasteiger partial charge in [0.05, 0.1) is 0 Å². The normalized spacial score (nSPS) is 17.0. The molecule has 0 amide bonds. The maximum atomic E-state index is 3.03. The van der Waals surface area contributed by atoms with Crippen LogP contribution in [-0.2, 0) is 0 Å². The Balaban J connectivity index is 9.68. The molecular formula is C36H85Si6-. The molecule has 0 bridgehead atoms. The number of hydrogen-bond donors (Lipinski definition) is 0. The van der Waals surface area contributed by atoms with Crippen LogP contribution in [0.4, 0.5) is 0 Å². The Bertz CT molecular complexity index is 711. The average molecular weight is 687 g/mol. The summed E-state index contributed by atoms with van der Waals surface area (Å²) in [5.74, 6) is 0. The molecule has 42 heavy (non-hydrogen) atoms. The molecule has 0 aliphatic carbocycles. The Morgan fingerprint density at radius 1 is 0.286 bits per heavy atom. The quantitative estimate of drug-likeness (QED) is 0.253. The second-order valence-corrected chi connectivity index (χ2v) is 79.8. The molecule has 0 aliphatic rings. The van der Waals surface area contributed by atoms with Crippen molar-refractivity contribution >= 4 is 45.1 Å². The molecule has 0 N–H and O–H groups in total. The van der Waals surface area contributed by atoms with Crippen LogP contribution in [0.3, 0.4) is 0 Å². The Morgan fingerprint density at radius 3 is 0.524 bits per heavy atom. The van der Waals surface area contributed by atoms with Crippen molar-refractivity contribution in [3.63, 3.8) is 0 Å². The van der Waals surface area contributed by atoms with E-state index in [1.54, 1.807) is 0 Å². The van der Waals surface area contributed by atoms with E-state index >= 15 is 0 Å². The lowest BCUT2D eigenvalue weighted by Crippen LogP contribution is -2.92. The highest BCUT2D eigenvalue weighted by Crippen LogP contribution is 2.67. The van der Waals surface area contributed by atoms with Crippen LogP contribution in [0.1, 0.15) is 166 Å². The molecule has 0 fully saturated rings. The van der Waals surface area contributed by atoms with Crippen LogP contribution in [-0.4, -0.2) is 45.1 Å². The van der Waals surface area contributed by atoms with E-state index in [-0.39, 0.29) is 0 Å². The van der Waals surface area contributed by atoms with Gasteiger partial charge in [0.2, 0.25) is 0 Å². The minimum atomic E-state index is -1.94. The van der Waals surface area contributed by atoms with E-state index in [0.29, 0.717) is 40.3 Å². The van der Waals surface area contributed by atoms with Crippen molar-refractivity contribution in [2.24, 2.45) is 0 Å². The fourth-order valence-electron chi connectivity index (χ4n) is 10.1. The second-order valence-electron chi connectivity index (χ2n) is 23.5. The predicted octanol–water partition coefficient (Wildman–Crippen LogP) is 13.8. The largest absolute Gasteiger partial charge is 0.255 e. The van der Waals surface area contributed by atoms with Gasteiger partial charge in [-0.3, -0.25) is 7.35 Å². The first-order chi connectivity index (χ1) is 17.5. The molecular weight excluding hydrogens is 601 g/mol. The molecule has 0 atom stereocenters. The van der Waals surface area contributed by atoms with E-state index in [4.69, 9.17) is 0 Å². The molecule has 0 spiro atoms. The number of rotatable bonds is 5. The van der Waals surface area contributed by atoms with Gasteiger partial charge in [0.1, 0.15) is 0 Å². The van der Waals surface area contributed by atoms with Gasteiger partial charge in [-0.1, -0.05) is 228 Å². The van der Waals surface area contributed by atoms with Crippen LogP contribution < -0.4 is 0 Å². The lowest BCUT2D eigenvalue weighted by molar-refractivity contribution is 0.621. The number of hydrogen-bond acceptors (Lipinski definition) is 0. The lowest BCUT2D eigenvalue weighted by atomic mass is 10.2. The van der Waals surface area contributed by atoms with Crippen molar-refractivity contribution in [2.45, 2.75) is 233 Å². The maximum Gasteiger partial charge on any atom is 0.0170 e. The fraction of sp³-hybridized carbons (Fsp3) is 1.00. The SMILES string of the molecule is CC(C)(C)[Si](C)([Si-]([SiH]([Si](C)(C(C)(C)C)C(C)(C)C)[Si](C)(C(C)(C)C)C(C)(C)C)[Si](C)(C(C)(C)C)C(C)(C)C)C(C)(C)C. The second kappa shape index (κ2) is 11.5. The zero-order valence-electron chi connectivity index (χ0n) is 35.1. The van der Waals surface area contributed by atoms with Gasteiger partial charge in [0.25, 0.3) is 0 Å². The smallest absolute Gasteiger partial charge is 0.0170 e. The van der Waals surface area contributed by atoms with Gasteiger partial charge >= 0.3 is 0 Å². The van der Waals surface area contributed by atoms with E-state index in [9.17, 15) is 0 Å². The fourth-order valence-corrected chi connectivity index (χ4v) is 227. The summed E-state index contributed by atoms with van der Waals surface area (Å²) in [6, 6.07) is 0. The highest BCUT2D eigenvalue weighted by molar-refractivity contribution is 7.99. The first-order valence-electron chi connectivity index (χ1n) is 17.4. The van der Waals surface area contributed by atoms with Crippen molar-refractivity contribution in [1.29, 1.82) is 0 Å². The van der Waals surface area contributed by atoms with E-state index < -0.39 is 45.1 Å². The van der Waals surface area contributed by atoms with E-state index in [2.05, 4.69) is 192 Å². The molecule has 0 rings (SSSR count). The molecule has 0 radical (unpaired) electrons. The van der Waals surface area contributed by atoms with E-state index in [0.717, 1.165) is 0 Å². The summed E-state index contributed by atoms with van der Waals surface area (Å²) in [6.45, 7) is 77.5. The predicted molar refractivity (Wildman–Crippen MR) is 217 cm³/mol. The van der Waals surface area contributed by atoms with Crippen molar-refractivity contribution < 1.29 is 0 Å². The summed E-state index contributed by atoms with van der Waals surface area (Å²) >= 11 is 0. The molecule has 0 unspecified atom stereocenters. The van der Waals surface area contributed by atoms with Crippen LogP contribution in [0, 0.1) is 0 Å². The standard InChI is InChI=1S/C36H85Si6/c1-29(2,3)39(25,30(4,5)6)37(40(26,31(7,8)9)32(10,11)12)38(41(27,33(13,14)15)34(16,17)18)42(28,35(19,20)21)36(22,23)24/h37H,1-28H3/q-1. The highest BCUT2D eigenvalue weighted by atomic mass is 30.1. The molecule has 0 aromatic heterocycles. The Kier molecular flexibility index (Phi) is 11.8. The average Bonchev–Trinajstić information content (AvgIpc) is 2.62. The van der Waals surface area contributed by atoms with Crippen LogP contribution >= 0.6 is 0 Å². The molecule has 0 nitrogen and oxygen atoms in total. The molecule has 254 valence electrons. The zero-order valence-corrected chi connectivity index (χ0v) is 41.2. The lowest BCUT2D eigenvalue weighted by Gasteiger charge is -2.82. The Hall–Kier alpha value is 1.30. The van der Waals surface area contributed by atoms with Gasteiger partial charge in [-0.05, 0) is 20.2 Å². The summed E-state index contributed by atoms with van der Waals surface area (Å²) in [5.41, 5.74) is 0. The van der Waals surface area contributed by atoms with E-state index in [1.807, 2.05) is 0 Å². The summed E-state index contributed by atoms with van der Waals surface area (Å²) in [7, 11) is -9.96. The molecule has 0 saturated heterocycles. The summed E-state index contributed by atoms with van der Waals surface area (Å²) < 4.78 is 0. The first-order valence-corrected chi connectivity index (χ1v) is 36.3. The van der Waals surface area contributed by atoms with Gasteiger partial charge in [-0.25, -0.2) is 0 Å². The Morgan fingerprint density at radius 2 is 0.429 bits per heavy atom. The van der Waals surface area contributed by atoms with Crippen molar-refractivity contribution in [2.75, 3.05) is 0 Å². The first kappa shape index (κ1) is 43.3. The molecule has 0 aliphatic heterocycles. The monoisotopic (exact) mass is 686 g/mol. The van der Waals surface area contributed by atoms with Gasteiger partial charge in [-0.2, -0.15) is 0 Å². The summed E-state index contributed by atoms with van der Waals surface area (Å²) in [5, 5.41) is 2.96. The maximum absolute atomic E-state index is 3.03. The summed E-state index contributed by atoms with van der Waals surface area (Å²) in [4.78, 5) is 0. The molecule has 0 heterocycles. The topological polar surface area (TPSA) is 0 Å². The molecule has 0 aromatic carbocycles.